The molecule has 0 unspecified atom stereocenters. The molecule has 1 aliphatic rings. The van der Waals surface area contributed by atoms with Crippen LogP contribution in [-0.4, -0.2) is 34.6 Å². The van der Waals surface area contributed by atoms with Crippen LogP contribution in [0.3, 0.4) is 0 Å². The molecule has 0 bridgehead atoms. The van der Waals surface area contributed by atoms with E-state index in [1.54, 1.807) is 0 Å². The third-order valence-electron chi connectivity index (χ3n) is 2.27. The van der Waals surface area contributed by atoms with E-state index in [0.29, 0.717) is 6.04 Å². The Morgan fingerprint density at radius 3 is 2.88 bits per heavy atom. The molecule has 1 aromatic heterocycles. The standard InChI is InChI=1S/C9H13N5O2/c10-8-6(3-12-14-8)9(16)11-4-7(15)13-5-1-2-5/h3,5H,1-2,4H2,(H,11,16)(H,13,15)(H3,10,12,14). The highest BCUT2D eigenvalue weighted by molar-refractivity contribution is 5.99. The molecule has 1 aliphatic carbocycles. The number of amides is 2. The number of aromatic nitrogens is 2. The summed E-state index contributed by atoms with van der Waals surface area (Å²) >= 11 is 0. The van der Waals surface area contributed by atoms with Crippen LogP contribution in [0.1, 0.15) is 23.2 Å². The molecule has 2 amide bonds. The molecule has 1 aromatic rings. The smallest absolute Gasteiger partial charge is 0.257 e. The summed E-state index contributed by atoms with van der Waals surface area (Å²) < 4.78 is 0. The summed E-state index contributed by atoms with van der Waals surface area (Å²) in [6, 6.07) is 0.295. The number of hydrogen-bond acceptors (Lipinski definition) is 4. The predicted molar refractivity (Wildman–Crippen MR) is 56.5 cm³/mol. The lowest BCUT2D eigenvalue weighted by atomic mass is 10.3. The fourth-order valence-electron chi connectivity index (χ4n) is 1.24. The van der Waals surface area contributed by atoms with E-state index in [4.69, 9.17) is 5.73 Å². The van der Waals surface area contributed by atoms with E-state index in [-0.39, 0.29) is 23.8 Å². The largest absolute Gasteiger partial charge is 0.383 e. The number of aromatic amines is 1. The number of nitrogens with two attached hydrogens (primary N) is 1. The van der Waals surface area contributed by atoms with Crippen molar-refractivity contribution in [3.63, 3.8) is 0 Å². The second-order valence-corrected chi connectivity index (χ2v) is 3.72. The number of carbonyl (C=O) groups is 2. The minimum atomic E-state index is -0.405. The molecule has 0 aromatic carbocycles. The topological polar surface area (TPSA) is 113 Å². The van der Waals surface area contributed by atoms with Gasteiger partial charge in [-0.3, -0.25) is 14.7 Å². The molecule has 0 atom stereocenters. The number of rotatable bonds is 4. The van der Waals surface area contributed by atoms with Gasteiger partial charge in [0.05, 0.1) is 12.7 Å². The summed E-state index contributed by atoms with van der Waals surface area (Å²) in [6.07, 6.45) is 3.37. The van der Waals surface area contributed by atoms with Crippen LogP contribution in [0.25, 0.3) is 0 Å². The molecule has 1 heterocycles. The maximum atomic E-state index is 11.5. The van der Waals surface area contributed by atoms with Crippen LogP contribution in [0, 0.1) is 0 Å². The van der Waals surface area contributed by atoms with Gasteiger partial charge in [-0.1, -0.05) is 0 Å². The van der Waals surface area contributed by atoms with Gasteiger partial charge in [-0.05, 0) is 12.8 Å². The molecular formula is C9H13N5O2. The van der Waals surface area contributed by atoms with Gasteiger partial charge < -0.3 is 16.4 Å². The number of carbonyl (C=O) groups excluding carboxylic acids is 2. The Morgan fingerprint density at radius 2 is 2.31 bits per heavy atom. The summed E-state index contributed by atoms with van der Waals surface area (Å²) in [5, 5.41) is 11.3. The summed E-state index contributed by atoms with van der Waals surface area (Å²) in [6.45, 7) is -0.0417. The summed E-state index contributed by atoms with van der Waals surface area (Å²) in [7, 11) is 0. The van der Waals surface area contributed by atoms with Gasteiger partial charge in [-0.25, -0.2) is 0 Å². The second-order valence-electron chi connectivity index (χ2n) is 3.72. The quantitative estimate of drug-likeness (QED) is 0.524. The fraction of sp³-hybridized carbons (Fsp3) is 0.444. The Bertz CT molecular complexity index is 410. The molecule has 1 saturated carbocycles. The van der Waals surface area contributed by atoms with Crippen LogP contribution in [0.4, 0.5) is 5.82 Å². The number of H-pyrrole nitrogens is 1. The van der Waals surface area contributed by atoms with Crippen LogP contribution in [-0.2, 0) is 4.79 Å². The summed E-state index contributed by atoms with van der Waals surface area (Å²) in [5.74, 6) is -0.393. The zero-order valence-corrected chi connectivity index (χ0v) is 8.62. The lowest BCUT2D eigenvalue weighted by Crippen LogP contribution is -2.37. The first-order valence-electron chi connectivity index (χ1n) is 5.03. The fourth-order valence-corrected chi connectivity index (χ4v) is 1.24. The first-order valence-corrected chi connectivity index (χ1v) is 5.03. The van der Waals surface area contributed by atoms with Crippen molar-refractivity contribution in [2.24, 2.45) is 0 Å². The van der Waals surface area contributed by atoms with Crippen molar-refractivity contribution in [1.29, 1.82) is 0 Å². The second kappa shape index (κ2) is 4.21. The zero-order valence-electron chi connectivity index (χ0n) is 8.62. The highest BCUT2D eigenvalue weighted by atomic mass is 16.2. The Balaban J connectivity index is 1.79. The number of nitrogens with zero attached hydrogens (tertiary/aromatic N) is 1. The van der Waals surface area contributed by atoms with Crippen LogP contribution in [0.2, 0.25) is 0 Å². The van der Waals surface area contributed by atoms with E-state index in [1.807, 2.05) is 0 Å². The minimum Gasteiger partial charge on any atom is -0.383 e. The highest BCUT2D eigenvalue weighted by Gasteiger charge is 2.23. The van der Waals surface area contributed by atoms with Crippen LogP contribution >= 0.6 is 0 Å². The maximum Gasteiger partial charge on any atom is 0.257 e. The van der Waals surface area contributed by atoms with E-state index in [1.165, 1.54) is 6.20 Å². The van der Waals surface area contributed by atoms with Crippen LogP contribution in [0.5, 0.6) is 0 Å². The number of nitrogens with one attached hydrogen (secondary N) is 3. The number of anilines is 1. The van der Waals surface area contributed by atoms with E-state index >= 15 is 0 Å². The minimum absolute atomic E-state index is 0.0417. The third-order valence-corrected chi connectivity index (χ3v) is 2.27. The molecule has 16 heavy (non-hydrogen) atoms. The van der Waals surface area contributed by atoms with Crippen molar-refractivity contribution in [3.05, 3.63) is 11.8 Å². The summed E-state index contributed by atoms with van der Waals surface area (Å²) in [5.41, 5.74) is 5.71. The molecule has 2 rings (SSSR count). The van der Waals surface area contributed by atoms with E-state index in [2.05, 4.69) is 20.8 Å². The van der Waals surface area contributed by atoms with E-state index in [0.717, 1.165) is 12.8 Å². The Labute approximate surface area is 91.8 Å². The molecule has 1 fully saturated rings. The van der Waals surface area contributed by atoms with Gasteiger partial charge in [0, 0.05) is 6.04 Å². The van der Waals surface area contributed by atoms with Gasteiger partial charge in [0.1, 0.15) is 11.4 Å². The van der Waals surface area contributed by atoms with E-state index < -0.39 is 5.91 Å². The first kappa shape index (κ1) is 10.5. The van der Waals surface area contributed by atoms with Crippen molar-refractivity contribution in [3.8, 4) is 0 Å². The Hall–Kier alpha value is -2.05. The molecule has 0 spiro atoms. The predicted octanol–water partition coefficient (Wildman–Crippen LogP) is -1.000. The molecule has 86 valence electrons. The van der Waals surface area contributed by atoms with Gasteiger partial charge in [-0.2, -0.15) is 5.10 Å². The summed E-state index contributed by atoms with van der Waals surface area (Å²) in [4.78, 5) is 22.8. The highest BCUT2D eigenvalue weighted by Crippen LogP contribution is 2.18. The van der Waals surface area contributed by atoms with Crippen molar-refractivity contribution in [1.82, 2.24) is 20.8 Å². The molecule has 0 aliphatic heterocycles. The van der Waals surface area contributed by atoms with Crippen molar-refractivity contribution in [2.75, 3.05) is 12.3 Å². The first-order chi connectivity index (χ1) is 7.66. The normalized spacial score (nSPS) is 14.5. The maximum absolute atomic E-state index is 11.5. The molecule has 0 radical (unpaired) electrons. The average Bonchev–Trinajstić information content (AvgIpc) is 2.95. The van der Waals surface area contributed by atoms with Crippen LogP contribution in [0.15, 0.2) is 6.20 Å². The molecule has 7 heteroatoms. The Kier molecular flexibility index (Phi) is 2.76. The van der Waals surface area contributed by atoms with Crippen LogP contribution < -0.4 is 16.4 Å². The van der Waals surface area contributed by atoms with Gasteiger partial charge >= 0.3 is 0 Å². The van der Waals surface area contributed by atoms with Crippen molar-refractivity contribution >= 4 is 17.6 Å². The number of hydrogen-bond donors (Lipinski definition) is 4. The SMILES string of the molecule is Nc1[nH]ncc1C(=O)NCC(=O)NC1CC1. The lowest BCUT2D eigenvalue weighted by molar-refractivity contribution is -0.120. The molecule has 0 saturated heterocycles. The average molecular weight is 223 g/mol. The van der Waals surface area contributed by atoms with Gasteiger partial charge in [0.25, 0.3) is 5.91 Å². The zero-order chi connectivity index (χ0) is 11.5. The molecule has 5 N–H and O–H groups in total. The number of nitrogen functional groups attached to an aromatic ring is 1. The van der Waals surface area contributed by atoms with Gasteiger partial charge in [0.15, 0.2) is 0 Å². The molecule has 7 nitrogen and oxygen atoms in total. The monoisotopic (exact) mass is 223 g/mol. The van der Waals surface area contributed by atoms with Crippen molar-refractivity contribution in [2.45, 2.75) is 18.9 Å². The Morgan fingerprint density at radius 1 is 1.56 bits per heavy atom. The lowest BCUT2D eigenvalue weighted by Gasteiger charge is -2.04. The van der Waals surface area contributed by atoms with E-state index in [9.17, 15) is 9.59 Å². The van der Waals surface area contributed by atoms with Gasteiger partial charge in [-0.15, -0.1) is 0 Å². The molecular weight excluding hydrogens is 210 g/mol. The van der Waals surface area contributed by atoms with Gasteiger partial charge in [0.2, 0.25) is 5.91 Å². The van der Waals surface area contributed by atoms with Crippen molar-refractivity contribution < 1.29 is 9.59 Å². The third kappa shape index (κ3) is 2.50.